The summed E-state index contributed by atoms with van der Waals surface area (Å²) in [6.07, 6.45) is -0.526. The number of allylic oxidation sites excluding steroid dienone is 1. The number of carbonyl (C=O) groups is 4. The fourth-order valence-electron chi connectivity index (χ4n) is 3.88. The summed E-state index contributed by atoms with van der Waals surface area (Å²) in [6, 6.07) is 13.3. The molecule has 0 aliphatic heterocycles. The first-order chi connectivity index (χ1) is 20.6. The van der Waals surface area contributed by atoms with Crippen LogP contribution in [0.25, 0.3) is 16.0 Å². The highest BCUT2D eigenvalue weighted by molar-refractivity contribution is 7.90. The van der Waals surface area contributed by atoms with Crippen LogP contribution in [0.2, 0.25) is 0 Å². The summed E-state index contributed by atoms with van der Waals surface area (Å²) >= 11 is 4.53. The number of rotatable bonds is 7. The second kappa shape index (κ2) is 15.6. The molecule has 1 heterocycles. The molecule has 0 bridgehead atoms. The van der Waals surface area contributed by atoms with Crippen molar-refractivity contribution in [1.29, 1.82) is 0 Å². The van der Waals surface area contributed by atoms with Crippen molar-refractivity contribution in [2.45, 2.75) is 53.7 Å². The zero-order valence-corrected chi connectivity index (χ0v) is 26.5. The SMILES string of the molecule is COC(=O)c1nc(C)ccc1-c1cc(O)c(C(S)=C(C)C)cc1C(=O)Nc1ccc(CNC(=O)OC(C)(C)C)cc1.O=CO. The molecular weight excluding hydrogens is 586 g/mol. The number of alkyl carbamates (subject to hydrolysis) is 1. The lowest BCUT2D eigenvalue weighted by Gasteiger charge is -2.19. The van der Waals surface area contributed by atoms with E-state index in [9.17, 15) is 19.5 Å². The Bertz CT molecular complexity index is 1560. The van der Waals surface area contributed by atoms with Crippen molar-refractivity contribution in [1.82, 2.24) is 10.3 Å². The van der Waals surface area contributed by atoms with Crippen molar-refractivity contribution in [2.75, 3.05) is 12.4 Å². The molecule has 0 aliphatic rings. The van der Waals surface area contributed by atoms with E-state index in [1.54, 1.807) is 64.1 Å². The van der Waals surface area contributed by atoms with Crippen LogP contribution in [0.1, 0.15) is 72.3 Å². The molecule has 2 aromatic carbocycles. The van der Waals surface area contributed by atoms with Crippen LogP contribution >= 0.6 is 12.6 Å². The van der Waals surface area contributed by atoms with Gasteiger partial charge in [0, 0.05) is 45.1 Å². The van der Waals surface area contributed by atoms with Gasteiger partial charge in [0.05, 0.1) is 7.11 Å². The van der Waals surface area contributed by atoms with Gasteiger partial charge >= 0.3 is 12.1 Å². The molecule has 11 nitrogen and oxygen atoms in total. The summed E-state index contributed by atoms with van der Waals surface area (Å²) in [5.74, 6) is -1.26. The maximum Gasteiger partial charge on any atom is 0.407 e. The summed E-state index contributed by atoms with van der Waals surface area (Å²) in [5, 5.41) is 23.4. The Morgan fingerprint density at radius 3 is 2.16 bits per heavy atom. The lowest BCUT2D eigenvalue weighted by atomic mass is 9.94. The number of carbonyl (C=O) groups excluding carboxylic acids is 3. The van der Waals surface area contributed by atoms with Crippen molar-refractivity contribution in [2.24, 2.45) is 0 Å². The van der Waals surface area contributed by atoms with E-state index >= 15 is 0 Å². The number of hydrogen-bond acceptors (Lipinski definition) is 9. The lowest BCUT2D eigenvalue weighted by molar-refractivity contribution is -0.122. The minimum Gasteiger partial charge on any atom is -0.507 e. The van der Waals surface area contributed by atoms with E-state index in [-0.39, 0.29) is 30.0 Å². The molecule has 0 saturated heterocycles. The molecule has 0 unspecified atom stereocenters. The molecule has 0 saturated carbocycles. The summed E-state index contributed by atoms with van der Waals surface area (Å²) in [6.45, 7) is 10.8. The standard InChI is InChI=1S/C31H35N3O6S.CH2O2/c1-17(2)27(41)24-14-23(22(15-25(24)35)21-13-8-18(3)33-26(21)29(37)39-7)28(36)34-20-11-9-19(10-12-20)16-32-30(38)40-31(4,5)6;2-1-3/h8-15,35,41H,16H2,1-7H3,(H,32,38)(H,34,36);1H,(H,2,3). The molecule has 0 atom stereocenters. The predicted octanol–water partition coefficient (Wildman–Crippen LogP) is 6.21. The third-order valence-corrected chi connectivity index (χ3v) is 6.55. The Balaban J connectivity index is 0.00000216. The maximum atomic E-state index is 13.7. The Morgan fingerprint density at radius 1 is 1.00 bits per heavy atom. The number of thiol groups is 1. The molecule has 234 valence electrons. The third kappa shape index (κ3) is 9.87. The molecule has 3 rings (SSSR count). The van der Waals surface area contributed by atoms with E-state index in [0.717, 1.165) is 11.1 Å². The summed E-state index contributed by atoms with van der Waals surface area (Å²) in [5.41, 5.74) is 3.33. The van der Waals surface area contributed by atoms with Gasteiger partial charge in [-0.2, -0.15) is 0 Å². The average molecular weight is 624 g/mol. The van der Waals surface area contributed by atoms with E-state index < -0.39 is 23.6 Å². The maximum absolute atomic E-state index is 13.7. The molecule has 12 heteroatoms. The third-order valence-electron chi connectivity index (χ3n) is 5.86. The normalized spacial score (nSPS) is 10.5. The topological polar surface area (TPSA) is 164 Å². The fourth-order valence-corrected chi connectivity index (χ4v) is 4.06. The highest BCUT2D eigenvalue weighted by atomic mass is 32.1. The van der Waals surface area contributed by atoms with Crippen molar-refractivity contribution >= 4 is 47.7 Å². The second-order valence-electron chi connectivity index (χ2n) is 10.7. The number of esters is 1. The van der Waals surface area contributed by atoms with Gasteiger partial charge in [0.2, 0.25) is 0 Å². The smallest absolute Gasteiger partial charge is 0.407 e. The Morgan fingerprint density at radius 2 is 1.61 bits per heavy atom. The van der Waals surface area contributed by atoms with E-state index in [2.05, 4.69) is 28.2 Å². The van der Waals surface area contributed by atoms with Crippen LogP contribution in [-0.4, -0.2) is 52.3 Å². The number of aryl methyl sites for hydroxylation is 1. The first kappa shape index (κ1) is 35.4. The Labute approximate surface area is 261 Å². The van der Waals surface area contributed by atoms with E-state index in [1.165, 1.54) is 19.2 Å². The number of phenolic OH excluding ortho intramolecular Hbond substituents is 1. The van der Waals surface area contributed by atoms with Crippen LogP contribution in [0.3, 0.4) is 0 Å². The fraction of sp³-hybridized carbons (Fsp3) is 0.281. The van der Waals surface area contributed by atoms with Crippen molar-refractivity contribution in [3.8, 4) is 16.9 Å². The van der Waals surface area contributed by atoms with Gasteiger partial charge in [-0.15, -0.1) is 12.6 Å². The van der Waals surface area contributed by atoms with Gasteiger partial charge in [-0.25, -0.2) is 14.6 Å². The number of amides is 2. The summed E-state index contributed by atoms with van der Waals surface area (Å²) in [4.78, 5) is 51.4. The minimum atomic E-state index is -0.673. The number of phenols is 1. The van der Waals surface area contributed by atoms with Crippen LogP contribution in [0.5, 0.6) is 5.75 Å². The largest absolute Gasteiger partial charge is 0.507 e. The van der Waals surface area contributed by atoms with Crippen molar-refractivity contribution in [3.63, 3.8) is 0 Å². The van der Waals surface area contributed by atoms with E-state index in [0.29, 0.717) is 33.0 Å². The quantitative estimate of drug-likeness (QED) is 0.117. The van der Waals surface area contributed by atoms with Gasteiger partial charge in [0.15, 0.2) is 5.69 Å². The number of carboxylic acid groups (broad SMARTS) is 1. The molecule has 0 spiro atoms. The lowest BCUT2D eigenvalue weighted by Crippen LogP contribution is -2.32. The summed E-state index contributed by atoms with van der Waals surface area (Å²) < 4.78 is 10.2. The second-order valence-corrected chi connectivity index (χ2v) is 11.2. The van der Waals surface area contributed by atoms with E-state index in [1.807, 2.05) is 13.8 Å². The molecule has 44 heavy (non-hydrogen) atoms. The number of aromatic nitrogens is 1. The first-order valence-electron chi connectivity index (χ1n) is 13.4. The van der Waals surface area contributed by atoms with Crippen LogP contribution in [-0.2, 0) is 20.8 Å². The number of ether oxygens (including phenoxy) is 2. The van der Waals surface area contributed by atoms with Crippen molar-refractivity contribution < 1.29 is 38.9 Å². The highest BCUT2D eigenvalue weighted by Crippen LogP contribution is 2.38. The molecule has 2 amide bonds. The van der Waals surface area contributed by atoms with Crippen molar-refractivity contribution in [3.05, 3.63) is 82.2 Å². The average Bonchev–Trinajstić information content (AvgIpc) is 2.95. The van der Waals surface area contributed by atoms with E-state index in [4.69, 9.17) is 19.4 Å². The molecule has 4 N–H and O–H groups in total. The molecule has 0 fully saturated rings. The molecule has 0 aliphatic carbocycles. The van der Waals surface area contributed by atoms with Gasteiger partial charge in [0.25, 0.3) is 12.4 Å². The minimum absolute atomic E-state index is 0.0175. The number of methoxy groups -OCH3 is 1. The highest BCUT2D eigenvalue weighted by Gasteiger charge is 2.24. The Kier molecular flexibility index (Phi) is 12.5. The van der Waals surface area contributed by atoms with Gasteiger partial charge in [-0.05, 0) is 77.4 Å². The number of nitrogens with one attached hydrogen (secondary N) is 2. The Hall–Kier alpha value is -4.84. The molecule has 1 aromatic heterocycles. The number of hydrogen-bond donors (Lipinski definition) is 5. The molecule has 3 aromatic rings. The zero-order chi connectivity index (χ0) is 33.2. The number of benzene rings is 2. The molecular formula is C32H37N3O8S. The number of aromatic hydroxyl groups is 1. The number of pyridine rings is 1. The monoisotopic (exact) mass is 623 g/mol. The van der Waals surface area contributed by atoms with Crippen LogP contribution in [0.15, 0.2) is 54.1 Å². The summed E-state index contributed by atoms with van der Waals surface area (Å²) in [7, 11) is 1.25. The van der Waals surface area contributed by atoms with Crippen LogP contribution < -0.4 is 10.6 Å². The van der Waals surface area contributed by atoms with Gasteiger partial charge in [-0.3, -0.25) is 9.59 Å². The van der Waals surface area contributed by atoms with Crippen LogP contribution in [0, 0.1) is 6.92 Å². The molecule has 0 radical (unpaired) electrons. The number of nitrogens with zero attached hydrogens (tertiary/aromatic N) is 1. The predicted molar refractivity (Wildman–Crippen MR) is 171 cm³/mol. The first-order valence-corrected chi connectivity index (χ1v) is 13.8. The van der Waals surface area contributed by atoms with Gasteiger partial charge in [0.1, 0.15) is 11.4 Å². The van der Waals surface area contributed by atoms with Crippen LogP contribution in [0.4, 0.5) is 10.5 Å². The number of anilines is 1. The van der Waals surface area contributed by atoms with Gasteiger partial charge in [-0.1, -0.05) is 23.8 Å². The zero-order valence-electron chi connectivity index (χ0n) is 25.6. The van der Waals surface area contributed by atoms with Gasteiger partial charge < -0.3 is 30.3 Å².